The Hall–Kier alpha value is -1.44. The summed E-state index contributed by atoms with van der Waals surface area (Å²) in [6.07, 6.45) is 7.69. The zero-order valence-corrected chi connectivity index (χ0v) is 10.4. The summed E-state index contributed by atoms with van der Waals surface area (Å²) in [4.78, 5) is 0. The Bertz CT molecular complexity index is 407. The molecule has 0 unspecified atom stereocenters. The lowest BCUT2D eigenvalue weighted by molar-refractivity contribution is 0.307. The minimum Gasteiger partial charge on any atom is -0.508 e. The number of allylic oxidation sites excluding steroid dienone is 2. The van der Waals surface area contributed by atoms with Crippen molar-refractivity contribution in [2.24, 2.45) is 0 Å². The van der Waals surface area contributed by atoms with E-state index in [-0.39, 0.29) is 0 Å². The van der Waals surface area contributed by atoms with Crippen molar-refractivity contribution in [3.63, 3.8) is 0 Å². The van der Waals surface area contributed by atoms with Gasteiger partial charge in [0, 0.05) is 0 Å². The van der Waals surface area contributed by atoms with E-state index in [0.717, 1.165) is 50.0 Å². The van der Waals surface area contributed by atoms with Crippen LogP contribution in [0.2, 0.25) is 0 Å². The second kappa shape index (κ2) is 5.76. The van der Waals surface area contributed by atoms with Crippen LogP contribution in [0.1, 0.15) is 38.2 Å². The van der Waals surface area contributed by atoms with Gasteiger partial charge in [-0.15, -0.1) is 0 Å². The molecule has 1 aliphatic heterocycles. The van der Waals surface area contributed by atoms with E-state index in [1.54, 1.807) is 6.07 Å². The molecular weight excluding hydrogens is 212 g/mol. The van der Waals surface area contributed by atoms with Crippen molar-refractivity contribution in [2.45, 2.75) is 39.0 Å². The number of fused-ring (bicyclic) bond motifs is 1. The average molecular weight is 232 g/mol. The lowest BCUT2D eigenvalue weighted by Crippen LogP contribution is -2.00. The molecule has 17 heavy (non-hydrogen) atoms. The molecule has 0 spiro atoms. The van der Waals surface area contributed by atoms with E-state index in [9.17, 15) is 5.11 Å². The van der Waals surface area contributed by atoms with E-state index in [1.807, 2.05) is 12.1 Å². The predicted molar refractivity (Wildman–Crippen MR) is 69.5 cm³/mol. The maximum atomic E-state index is 9.51. The third kappa shape index (κ3) is 3.52. The molecule has 0 saturated heterocycles. The van der Waals surface area contributed by atoms with Gasteiger partial charge in [-0.3, -0.25) is 0 Å². The number of phenols is 1. The van der Waals surface area contributed by atoms with Gasteiger partial charge in [0.1, 0.15) is 11.5 Å². The van der Waals surface area contributed by atoms with Crippen molar-refractivity contribution in [1.82, 2.24) is 0 Å². The zero-order valence-electron chi connectivity index (χ0n) is 10.4. The van der Waals surface area contributed by atoms with Crippen LogP contribution in [0, 0.1) is 0 Å². The second-order valence-corrected chi connectivity index (χ2v) is 4.69. The molecule has 0 saturated carbocycles. The topological polar surface area (TPSA) is 29.5 Å². The highest BCUT2D eigenvalue weighted by atomic mass is 16.5. The fourth-order valence-electron chi connectivity index (χ4n) is 2.18. The first-order chi connectivity index (χ1) is 8.25. The number of hydrogen-bond donors (Lipinski definition) is 1. The van der Waals surface area contributed by atoms with E-state index in [0.29, 0.717) is 5.75 Å². The fraction of sp³-hybridized carbons (Fsp3) is 0.467. The normalized spacial score (nSPS) is 20.4. The highest BCUT2D eigenvalue weighted by Gasteiger charge is 2.06. The lowest BCUT2D eigenvalue weighted by Gasteiger charge is -2.11. The molecule has 2 rings (SSSR count). The van der Waals surface area contributed by atoms with Gasteiger partial charge >= 0.3 is 0 Å². The molecule has 1 heterocycles. The van der Waals surface area contributed by atoms with Crippen LogP contribution < -0.4 is 4.74 Å². The average Bonchev–Trinajstić information content (AvgIpc) is 2.35. The molecule has 2 heteroatoms. The molecular formula is C15H20O2. The molecule has 1 aromatic rings. The van der Waals surface area contributed by atoms with Crippen LogP contribution in [0.3, 0.4) is 0 Å². The Morgan fingerprint density at radius 3 is 2.94 bits per heavy atom. The summed E-state index contributed by atoms with van der Waals surface area (Å²) in [5, 5.41) is 9.51. The maximum absolute atomic E-state index is 9.51. The number of aromatic hydroxyl groups is 1. The number of hydrogen-bond acceptors (Lipinski definition) is 2. The number of benzene rings is 1. The molecule has 0 radical (unpaired) electrons. The third-order valence-corrected chi connectivity index (χ3v) is 3.16. The van der Waals surface area contributed by atoms with E-state index in [4.69, 9.17) is 4.74 Å². The van der Waals surface area contributed by atoms with Crippen molar-refractivity contribution in [3.05, 3.63) is 35.4 Å². The number of ether oxygens (including phenoxy) is 1. The highest BCUT2D eigenvalue weighted by Crippen LogP contribution is 2.26. The maximum Gasteiger partial charge on any atom is 0.122 e. The summed E-state index contributed by atoms with van der Waals surface area (Å²) >= 11 is 0. The Kier molecular flexibility index (Phi) is 4.08. The standard InChI is InChI=1S/C15H20O2/c1-12-5-2-3-7-13-11-14(16)8-9-15(13)17-10-4-6-12/h5,8-9,11,16H,2-4,6-7,10H2,1H3/b12-5+. The summed E-state index contributed by atoms with van der Waals surface area (Å²) < 4.78 is 5.78. The van der Waals surface area contributed by atoms with Gasteiger partial charge in [0.2, 0.25) is 0 Å². The van der Waals surface area contributed by atoms with E-state index >= 15 is 0 Å². The smallest absolute Gasteiger partial charge is 0.122 e. The lowest BCUT2D eigenvalue weighted by atomic mass is 10.1. The summed E-state index contributed by atoms with van der Waals surface area (Å²) in [7, 11) is 0. The quantitative estimate of drug-likeness (QED) is 0.689. The molecule has 0 amide bonds. The Morgan fingerprint density at radius 2 is 2.06 bits per heavy atom. The highest BCUT2D eigenvalue weighted by molar-refractivity contribution is 5.39. The van der Waals surface area contributed by atoms with E-state index < -0.39 is 0 Å². The Morgan fingerprint density at radius 1 is 1.18 bits per heavy atom. The van der Waals surface area contributed by atoms with Crippen molar-refractivity contribution in [1.29, 1.82) is 0 Å². The van der Waals surface area contributed by atoms with Crippen molar-refractivity contribution >= 4 is 0 Å². The minimum absolute atomic E-state index is 0.328. The zero-order chi connectivity index (χ0) is 12.1. The second-order valence-electron chi connectivity index (χ2n) is 4.69. The predicted octanol–water partition coefficient (Wildman–Crippen LogP) is 3.83. The summed E-state index contributed by atoms with van der Waals surface area (Å²) in [5.74, 6) is 1.26. The van der Waals surface area contributed by atoms with Gasteiger partial charge in [0.25, 0.3) is 0 Å². The van der Waals surface area contributed by atoms with Gasteiger partial charge < -0.3 is 9.84 Å². The Labute approximate surface area is 103 Å². The van der Waals surface area contributed by atoms with E-state index in [2.05, 4.69) is 13.0 Å². The summed E-state index contributed by atoms with van der Waals surface area (Å²) in [6.45, 7) is 2.94. The molecule has 2 nitrogen and oxygen atoms in total. The Balaban J connectivity index is 2.14. The summed E-state index contributed by atoms with van der Waals surface area (Å²) in [5.41, 5.74) is 2.58. The summed E-state index contributed by atoms with van der Waals surface area (Å²) in [6, 6.07) is 5.40. The van der Waals surface area contributed by atoms with Crippen LogP contribution in [-0.2, 0) is 6.42 Å². The van der Waals surface area contributed by atoms with Crippen LogP contribution in [-0.4, -0.2) is 11.7 Å². The molecule has 0 fully saturated rings. The number of aryl methyl sites for hydroxylation is 1. The first-order valence-corrected chi connectivity index (χ1v) is 6.36. The van der Waals surface area contributed by atoms with Crippen LogP contribution in [0.4, 0.5) is 0 Å². The van der Waals surface area contributed by atoms with Crippen molar-refractivity contribution in [2.75, 3.05) is 6.61 Å². The SMILES string of the molecule is C/C1=C\CCCc2cc(O)ccc2OCCC1. The fourth-order valence-corrected chi connectivity index (χ4v) is 2.18. The molecule has 92 valence electrons. The first-order valence-electron chi connectivity index (χ1n) is 6.36. The van der Waals surface area contributed by atoms with Gasteiger partial charge in [-0.2, -0.15) is 0 Å². The molecule has 0 aromatic heterocycles. The van der Waals surface area contributed by atoms with Crippen molar-refractivity contribution < 1.29 is 9.84 Å². The van der Waals surface area contributed by atoms with Crippen molar-refractivity contribution in [3.8, 4) is 11.5 Å². The molecule has 0 aliphatic carbocycles. The minimum atomic E-state index is 0.328. The molecule has 1 aromatic carbocycles. The van der Waals surface area contributed by atoms with Crippen LogP contribution in [0.5, 0.6) is 11.5 Å². The molecule has 1 aliphatic rings. The van der Waals surface area contributed by atoms with E-state index in [1.165, 1.54) is 5.57 Å². The number of phenolic OH excluding ortho intramolecular Hbond substituents is 1. The van der Waals surface area contributed by atoms with Gasteiger partial charge in [-0.25, -0.2) is 0 Å². The first kappa shape index (κ1) is 12.0. The number of rotatable bonds is 0. The van der Waals surface area contributed by atoms with Gasteiger partial charge in [0.15, 0.2) is 0 Å². The van der Waals surface area contributed by atoms with Gasteiger partial charge in [0.05, 0.1) is 6.61 Å². The van der Waals surface area contributed by atoms with Gasteiger partial charge in [-0.1, -0.05) is 11.6 Å². The largest absolute Gasteiger partial charge is 0.508 e. The molecule has 0 bridgehead atoms. The monoisotopic (exact) mass is 232 g/mol. The van der Waals surface area contributed by atoms with Gasteiger partial charge in [-0.05, 0) is 62.8 Å². The molecule has 1 N–H and O–H groups in total. The molecule has 0 atom stereocenters. The van der Waals surface area contributed by atoms with Crippen LogP contribution in [0.25, 0.3) is 0 Å². The van der Waals surface area contributed by atoms with Crippen LogP contribution >= 0.6 is 0 Å². The third-order valence-electron chi connectivity index (χ3n) is 3.16. The van der Waals surface area contributed by atoms with Crippen LogP contribution in [0.15, 0.2) is 29.8 Å².